The second kappa shape index (κ2) is 10.3. The van der Waals surface area contributed by atoms with E-state index < -0.39 is 0 Å². The first-order valence-electron chi connectivity index (χ1n) is 15.9. The second-order valence-electron chi connectivity index (χ2n) is 12.1. The Bertz CT molecular complexity index is 2810. The monoisotopic (exact) mass is 617 g/mol. The maximum absolute atomic E-state index is 6.63. The molecule has 10 rings (SSSR count). The Morgan fingerprint density at radius 1 is 0.426 bits per heavy atom. The van der Waals surface area contributed by atoms with Crippen LogP contribution in [0.4, 0.5) is 17.1 Å². The third-order valence-corrected chi connectivity index (χ3v) is 10.6. The first-order chi connectivity index (χ1) is 23.3. The quantitative estimate of drug-likeness (QED) is 0.195. The number of anilines is 3. The summed E-state index contributed by atoms with van der Waals surface area (Å²) in [6.45, 7) is 0. The number of fused-ring (bicyclic) bond motifs is 9. The van der Waals surface area contributed by atoms with Gasteiger partial charge in [0.2, 0.25) is 0 Å². The predicted octanol–water partition coefficient (Wildman–Crippen LogP) is 13.4. The van der Waals surface area contributed by atoms with Crippen LogP contribution in [0.3, 0.4) is 0 Å². The summed E-state index contributed by atoms with van der Waals surface area (Å²) in [5.41, 5.74) is 7.51. The van der Waals surface area contributed by atoms with Crippen LogP contribution in [-0.2, 0) is 0 Å². The van der Waals surface area contributed by atoms with Crippen molar-refractivity contribution < 1.29 is 4.42 Å². The lowest BCUT2D eigenvalue weighted by Gasteiger charge is -2.26. The number of benzene rings is 8. The SMILES string of the molecule is c1ccc2cc(-c3ccc(N(c4ccc5sc6ccccc6c5c4)c4cccc5oc6c7ccccc7ccc6c45)cc3)ccc2c1. The molecule has 0 saturated heterocycles. The lowest BCUT2D eigenvalue weighted by molar-refractivity contribution is 0.672. The van der Waals surface area contributed by atoms with Gasteiger partial charge in [-0.2, -0.15) is 0 Å². The third-order valence-electron chi connectivity index (χ3n) is 9.43. The zero-order valence-electron chi connectivity index (χ0n) is 25.4. The van der Waals surface area contributed by atoms with Gasteiger partial charge >= 0.3 is 0 Å². The lowest BCUT2D eigenvalue weighted by Crippen LogP contribution is -2.10. The van der Waals surface area contributed by atoms with E-state index in [1.54, 1.807) is 0 Å². The van der Waals surface area contributed by atoms with Crippen LogP contribution in [0.1, 0.15) is 0 Å². The molecule has 220 valence electrons. The molecule has 0 aliphatic heterocycles. The Labute approximate surface area is 275 Å². The van der Waals surface area contributed by atoms with E-state index in [4.69, 9.17) is 4.42 Å². The highest BCUT2D eigenvalue weighted by molar-refractivity contribution is 7.25. The number of nitrogens with zero attached hydrogens (tertiary/aromatic N) is 1. The van der Waals surface area contributed by atoms with Crippen molar-refractivity contribution in [1.29, 1.82) is 0 Å². The van der Waals surface area contributed by atoms with Gasteiger partial charge in [0.1, 0.15) is 11.2 Å². The average molecular weight is 618 g/mol. The Kier molecular flexibility index (Phi) is 5.78. The lowest BCUT2D eigenvalue weighted by atomic mass is 10.0. The third kappa shape index (κ3) is 4.17. The van der Waals surface area contributed by atoms with E-state index in [0.29, 0.717) is 0 Å². The summed E-state index contributed by atoms with van der Waals surface area (Å²) in [5.74, 6) is 0. The minimum atomic E-state index is 0.883. The Morgan fingerprint density at radius 3 is 2.02 bits per heavy atom. The molecule has 0 spiro atoms. The van der Waals surface area contributed by atoms with Gasteiger partial charge in [0.25, 0.3) is 0 Å². The molecule has 8 aromatic carbocycles. The van der Waals surface area contributed by atoms with Crippen LogP contribution in [0, 0.1) is 0 Å². The minimum Gasteiger partial charge on any atom is -0.455 e. The van der Waals surface area contributed by atoms with Crippen molar-refractivity contribution in [3.8, 4) is 11.1 Å². The summed E-state index contributed by atoms with van der Waals surface area (Å²) in [6.07, 6.45) is 0. The molecular formula is C44H27NOS. The van der Waals surface area contributed by atoms with Crippen LogP contribution >= 0.6 is 11.3 Å². The van der Waals surface area contributed by atoms with E-state index in [0.717, 1.165) is 44.4 Å². The molecule has 10 aromatic rings. The molecule has 3 heteroatoms. The highest BCUT2D eigenvalue weighted by Crippen LogP contribution is 2.46. The minimum absolute atomic E-state index is 0.883. The highest BCUT2D eigenvalue weighted by atomic mass is 32.1. The van der Waals surface area contributed by atoms with Crippen molar-refractivity contribution in [1.82, 2.24) is 0 Å². The molecule has 2 nitrogen and oxygen atoms in total. The van der Waals surface area contributed by atoms with E-state index in [2.05, 4.69) is 169 Å². The van der Waals surface area contributed by atoms with Crippen LogP contribution < -0.4 is 4.90 Å². The van der Waals surface area contributed by atoms with Gasteiger partial charge in [-0.05, 0) is 87.9 Å². The molecule has 0 aliphatic rings. The molecule has 0 N–H and O–H groups in total. The van der Waals surface area contributed by atoms with Crippen LogP contribution in [0.25, 0.3) is 74.8 Å². The number of rotatable bonds is 4. The summed E-state index contributed by atoms with van der Waals surface area (Å²) in [4.78, 5) is 2.39. The van der Waals surface area contributed by atoms with Gasteiger partial charge in [-0.25, -0.2) is 0 Å². The first kappa shape index (κ1) is 26.3. The number of thiophene rings is 1. The second-order valence-corrected chi connectivity index (χ2v) is 13.2. The smallest absolute Gasteiger partial charge is 0.143 e. The van der Waals surface area contributed by atoms with E-state index in [9.17, 15) is 0 Å². The number of furan rings is 1. The maximum atomic E-state index is 6.63. The summed E-state index contributed by atoms with van der Waals surface area (Å²) in [7, 11) is 0. The van der Waals surface area contributed by atoms with E-state index >= 15 is 0 Å². The van der Waals surface area contributed by atoms with Gasteiger partial charge in [0.05, 0.1) is 11.1 Å². The predicted molar refractivity (Wildman–Crippen MR) is 202 cm³/mol. The maximum Gasteiger partial charge on any atom is 0.143 e. The molecule has 2 heterocycles. The van der Waals surface area contributed by atoms with Crippen LogP contribution in [-0.4, -0.2) is 0 Å². The zero-order chi connectivity index (χ0) is 30.9. The molecule has 2 aromatic heterocycles. The van der Waals surface area contributed by atoms with Gasteiger partial charge in [-0.3, -0.25) is 0 Å². The van der Waals surface area contributed by atoms with Gasteiger partial charge in [-0.1, -0.05) is 103 Å². The molecule has 0 bridgehead atoms. The van der Waals surface area contributed by atoms with E-state index in [1.807, 2.05) is 11.3 Å². The van der Waals surface area contributed by atoms with Gasteiger partial charge in [0.15, 0.2) is 0 Å². The Balaban J connectivity index is 1.20. The Hall–Kier alpha value is -5.90. The zero-order valence-corrected chi connectivity index (χ0v) is 26.2. The molecule has 0 fully saturated rings. The fourth-order valence-electron chi connectivity index (χ4n) is 7.17. The van der Waals surface area contributed by atoms with Crippen LogP contribution in [0.2, 0.25) is 0 Å². The van der Waals surface area contributed by atoms with Crippen LogP contribution in [0.15, 0.2) is 168 Å². The summed E-state index contributed by atoms with van der Waals surface area (Å²) < 4.78 is 9.23. The van der Waals surface area contributed by atoms with Gasteiger partial charge < -0.3 is 9.32 Å². The average Bonchev–Trinajstić information content (AvgIpc) is 3.71. The fourth-order valence-corrected chi connectivity index (χ4v) is 8.26. The van der Waals surface area contributed by atoms with Crippen molar-refractivity contribution in [2.75, 3.05) is 4.90 Å². The van der Waals surface area contributed by atoms with E-state index in [1.165, 1.54) is 47.5 Å². The van der Waals surface area contributed by atoms with Crippen molar-refractivity contribution in [2.24, 2.45) is 0 Å². The first-order valence-corrected chi connectivity index (χ1v) is 16.7. The molecular weight excluding hydrogens is 591 g/mol. The molecule has 0 aliphatic carbocycles. The molecule has 0 amide bonds. The highest BCUT2D eigenvalue weighted by Gasteiger charge is 2.21. The van der Waals surface area contributed by atoms with Crippen molar-refractivity contribution in [3.63, 3.8) is 0 Å². The summed E-state index contributed by atoms with van der Waals surface area (Å²) in [6, 6.07) is 59.1. The normalized spacial score (nSPS) is 11.8. The largest absolute Gasteiger partial charge is 0.455 e. The van der Waals surface area contributed by atoms with Crippen LogP contribution in [0.5, 0.6) is 0 Å². The number of hydrogen-bond acceptors (Lipinski definition) is 3. The molecule has 0 unspecified atom stereocenters. The fraction of sp³-hybridized carbons (Fsp3) is 0. The van der Waals surface area contributed by atoms with Crippen molar-refractivity contribution >= 4 is 92.1 Å². The molecule has 0 radical (unpaired) electrons. The topological polar surface area (TPSA) is 16.4 Å². The van der Waals surface area contributed by atoms with Gasteiger partial charge in [0, 0.05) is 42.3 Å². The van der Waals surface area contributed by atoms with Gasteiger partial charge in [-0.15, -0.1) is 11.3 Å². The number of hydrogen-bond donors (Lipinski definition) is 0. The molecule has 0 atom stereocenters. The summed E-state index contributed by atoms with van der Waals surface area (Å²) >= 11 is 1.85. The van der Waals surface area contributed by atoms with E-state index in [-0.39, 0.29) is 0 Å². The molecule has 0 saturated carbocycles. The van der Waals surface area contributed by atoms with Crippen molar-refractivity contribution in [2.45, 2.75) is 0 Å². The molecule has 47 heavy (non-hydrogen) atoms. The van der Waals surface area contributed by atoms with Crippen molar-refractivity contribution in [3.05, 3.63) is 164 Å². The summed E-state index contributed by atoms with van der Waals surface area (Å²) in [5, 5.41) is 9.61. The Morgan fingerprint density at radius 2 is 1.13 bits per heavy atom. The standard InChI is InChI=1S/C44H27NOS/c1-2-10-31-26-32(17-16-28(31)8-1)29-18-21-33(22-19-29)45(34-23-25-42-38(27-34)36-12-5-6-15-41(36)47-42)39-13-7-14-40-43(39)37-24-20-30-9-3-4-11-35(30)44(37)46-40/h1-27H.